The van der Waals surface area contributed by atoms with E-state index in [0.717, 1.165) is 121 Å². The summed E-state index contributed by atoms with van der Waals surface area (Å²) in [5.41, 5.74) is 16.5. The van der Waals surface area contributed by atoms with Crippen molar-refractivity contribution in [1.29, 1.82) is 0 Å². The second-order valence-electron chi connectivity index (χ2n) is 37.0. The van der Waals surface area contributed by atoms with Crippen molar-refractivity contribution in [2.24, 2.45) is 23.7 Å². The van der Waals surface area contributed by atoms with Crippen LogP contribution in [0.4, 0.5) is 0 Å². The van der Waals surface area contributed by atoms with E-state index < -0.39 is 23.9 Å². The Labute approximate surface area is 818 Å². The summed E-state index contributed by atoms with van der Waals surface area (Å²) >= 11 is 6.58. The second-order valence-corrected chi connectivity index (χ2v) is 41.2. The number of rotatable bonds is 24. The summed E-state index contributed by atoms with van der Waals surface area (Å²) in [5.74, 6) is 0.770. The molecule has 0 radical (unpaired) electrons. The average Bonchev–Trinajstić information content (AvgIpc) is 1.79. The molecule has 704 valence electrons. The van der Waals surface area contributed by atoms with Gasteiger partial charge in [0, 0.05) is 45.9 Å². The molecule has 20 rings (SSSR count). The van der Waals surface area contributed by atoms with Gasteiger partial charge in [-0.3, -0.25) is 0 Å². The Balaban J connectivity index is 0.000000127. The normalized spacial score (nSPS) is 16.4. The number of carboxylic acids is 4. The molecule has 4 N–H and O–H groups in total. The van der Waals surface area contributed by atoms with E-state index in [9.17, 15) is 39.6 Å². The van der Waals surface area contributed by atoms with Crippen LogP contribution in [0.2, 0.25) is 0 Å². The molecule has 8 heterocycles. The lowest BCUT2D eigenvalue weighted by atomic mass is 9.82. The Morgan fingerprint density at radius 3 is 0.804 bits per heavy atom. The van der Waals surface area contributed by atoms with Gasteiger partial charge in [0.15, 0.2) is 0 Å². The maximum Gasteiger partial charge on any atom is 0.336 e. The topological polar surface area (TPSA) is 256 Å². The van der Waals surface area contributed by atoms with Gasteiger partial charge in [0.25, 0.3) is 0 Å². The molecule has 18 aromatic rings. The van der Waals surface area contributed by atoms with Crippen molar-refractivity contribution in [2.45, 2.75) is 159 Å². The highest BCUT2D eigenvalue weighted by molar-refractivity contribution is 7.23. The van der Waals surface area contributed by atoms with E-state index in [1.807, 2.05) is 185 Å². The first-order chi connectivity index (χ1) is 66.6. The monoisotopic (exact) mass is 1910 g/mol. The van der Waals surface area contributed by atoms with E-state index in [4.69, 9.17) is 48.4 Å². The van der Waals surface area contributed by atoms with Crippen LogP contribution in [0.5, 0.6) is 23.0 Å². The number of fused-ring (bicyclic) bond motifs is 8. The van der Waals surface area contributed by atoms with Crippen LogP contribution in [0.25, 0.3) is 126 Å². The highest BCUT2D eigenvalue weighted by atomic mass is 32.1. The third-order valence-electron chi connectivity index (χ3n) is 26.6. The molecule has 0 amide bonds. The lowest BCUT2D eigenvalue weighted by molar-refractivity contribution is 0.0687. The van der Waals surface area contributed by atoms with Gasteiger partial charge in [-0.2, -0.15) is 0 Å². The van der Waals surface area contributed by atoms with Crippen LogP contribution < -0.4 is 18.9 Å². The number of ether oxygens (including phenoxy) is 6. The van der Waals surface area contributed by atoms with Gasteiger partial charge in [-0.25, -0.2) is 39.1 Å². The van der Waals surface area contributed by atoms with Crippen molar-refractivity contribution in [3.63, 3.8) is 0 Å². The Kier molecular flexibility index (Phi) is 29.3. The number of carbonyl (C=O) groups is 4. The highest BCUT2D eigenvalue weighted by Gasteiger charge is 2.33. The largest absolute Gasteiger partial charge is 0.490 e. The zero-order valence-electron chi connectivity index (χ0n) is 79.9. The number of hydrogen-bond donors (Lipinski definition) is 4. The summed E-state index contributed by atoms with van der Waals surface area (Å²) in [7, 11) is 3.32. The van der Waals surface area contributed by atoms with Crippen molar-refractivity contribution in [1.82, 2.24) is 19.9 Å². The fraction of sp³-hybridized carbons (Fsp3) is 0.276. The number of hydrogen-bond acceptors (Lipinski definition) is 18. The van der Waals surface area contributed by atoms with Crippen molar-refractivity contribution in [2.75, 3.05) is 27.4 Å². The average molecular weight is 1910 g/mol. The maximum absolute atomic E-state index is 12.5. The Hall–Kier alpha value is -13.3. The highest BCUT2D eigenvalue weighted by Crippen LogP contribution is 2.49. The zero-order chi connectivity index (χ0) is 97.0. The van der Waals surface area contributed by atoms with E-state index in [-0.39, 0.29) is 46.7 Å². The number of methoxy groups -OCH3 is 2. The van der Waals surface area contributed by atoms with Gasteiger partial charge in [-0.1, -0.05) is 185 Å². The Morgan fingerprint density at radius 1 is 0.319 bits per heavy atom. The van der Waals surface area contributed by atoms with Gasteiger partial charge >= 0.3 is 23.9 Å². The molecule has 8 aromatic heterocycles. The van der Waals surface area contributed by atoms with Gasteiger partial charge < -0.3 is 48.8 Å². The van der Waals surface area contributed by atoms with E-state index in [0.29, 0.717) is 139 Å². The lowest BCUT2D eigenvalue weighted by Gasteiger charge is -2.32. The van der Waals surface area contributed by atoms with Crippen LogP contribution in [-0.4, -0.2) is 104 Å². The van der Waals surface area contributed by atoms with Crippen LogP contribution in [0.3, 0.4) is 0 Å². The van der Waals surface area contributed by atoms with Crippen LogP contribution >= 0.6 is 45.3 Å². The molecule has 22 heteroatoms. The first-order valence-electron chi connectivity index (χ1n) is 47.0. The van der Waals surface area contributed by atoms with E-state index in [1.165, 1.54) is 33.0 Å². The SMILES string of the molecule is COCC[C@@H](Oc1ccc(C)c2nc(-c3sc4ccccc4c3C)cc(C(=O)O)c12)c1ccccc1.COCC[C@H](Oc1ccc(C)c2nc(-c3sc4ccccc4c3C)cc(C(=O)O)c12)c1ccccc1.Cc1c(-c2cc(C(=O)O)c3c(OC4C[C@@H](C)C[C@@H](C)C4)ccc(C)c3n2)sc2ccccc12.Cc1c(-c2cc(C(=O)O)c3c(OC4C[C@@H](C)C[C@@H](C)C4)ccc(C)c3n2)sc2ccccc12. The van der Waals surface area contributed by atoms with Crippen molar-refractivity contribution in [3.05, 3.63) is 308 Å². The molecular weight excluding hydrogens is 1800 g/mol. The Bertz CT molecular complexity index is 7180. The molecule has 10 aromatic carbocycles. The van der Waals surface area contributed by atoms with Crippen LogP contribution in [0, 0.1) is 79.1 Å². The molecule has 8 atom stereocenters. The molecule has 0 aliphatic heterocycles. The summed E-state index contributed by atoms with van der Waals surface area (Å²) in [5, 5.41) is 47.9. The fourth-order valence-corrected chi connectivity index (χ4v) is 24.6. The van der Waals surface area contributed by atoms with Crippen molar-refractivity contribution < 1.29 is 68.0 Å². The first-order valence-corrected chi connectivity index (χ1v) is 50.2. The molecule has 2 aliphatic rings. The van der Waals surface area contributed by atoms with Gasteiger partial charge in [0.2, 0.25) is 0 Å². The minimum Gasteiger partial charge on any atom is -0.490 e. The zero-order valence-corrected chi connectivity index (χ0v) is 83.2. The number of nitrogens with zero attached hydrogens (tertiary/aromatic N) is 4. The fourth-order valence-electron chi connectivity index (χ4n) is 20.0. The van der Waals surface area contributed by atoms with Gasteiger partial charge in [-0.15, -0.1) is 45.3 Å². The molecule has 18 nitrogen and oxygen atoms in total. The summed E-state index contributed by atoms with van der Waals surface area (Å²) in [6.07, 6.45) is 7.29. The molecule has 0 bridgehead atoms. The standard InChI is InChI=1S/2C30H27NO4S.2C28H29NO3S/c2*1-18-13-14-25(35-24(15-16-34-3)20-9-5-4-6-10-20)27-22(30(32)33)17-23(31-28(18)27)29-19(2)21-11-7-8-12-26(21)36-29;2*1-15-11-16(2)13-19(12-15)32-23-10-9-17(3)26-25(23)21(28(30)31)14-22(29-26)27-18(4)20-7-5-6-8-24(20)33-27/h2*4-14,17,24H,15-16H2,1-3H3,(H,32,33);2*5-10,14-16,19H,11-13H2,1-4H3,(H,30,31)/t2*24-;2*15-,16+,19?/m10../s1. The van der Waals surface area contributed by atoms with Gasteiger partial charge in [0.05, 0.1) is 134 Å². The van der Waals surface area contributed by atoms with E-state index in [2.05, 4.69) is 104 Å². The minimum atomic E-state index is -1.01. The summed E-state index contributed by atoms with van der Waals surface area (Å²) in [4.78, 5) is 73.9. The van der Waals surface area contributed by atoms with E-state index >= 15 is 0 Å². The Morgan fingerprint density at radius 2 is 0.558 bits per heavy atom. The van der Waals surface area contributed by atoms with Crippen molar-refractivity contribution >= 4 is 153 Å². The third kappa shape index (κ3) is 20.4. The number of thiophene rings is 4. The second kappa shape index (κ2) is 41.9. The van der Waals surface area contributed by atoms with E-state index in [1.54, 1.807) is 83.8 Å². The van der Waals surface area contributed by atoms with Gasteiger partial charge in [-0.05, 0) is 268 Å². The number of pyridine rings is 4. The summed E-state index contributed by atoms with van der Waals surface area (Å²) in [6.45, 7) is 26.3. The molecular formula is C116H112N4O14S4. The quantitative estimate of drug-likeness (QED) is 0.0438. The number of benzene rings is 10. The molecule has 138 heavy (non-hydrogen) atoms. The smallest absolute Gasteiger partial charge is 0.336 e. The number of carboxylic acid groups (broad SMARTS) is 4. The first kappa shape index (κ1) is 96.4. The predicted molar refractivity (Wildman–Crippen MR) is 562 cm³/mol. The van der Waals surface area contributed by atoms with Crippen molar-refractivity contribution in [3.8, 4) is 65.3 Å². The van der Waals surface area contributed by atoms with Crippen LogP contribution in [0.15, 0.2) is 231 Å². The summed E-state index contributed by atoms with van der Waals surface area (Å²) < 4.78 is 41.2. The number of aryl methyl sites for hydroxylation is 8. The molecule has 0 saturated heterocycles. The third-order valence-corrected chi connectivity index (χ3v) is 31.8. The molecule has 2 unspecified atom stereocenters. The van der Waals surface area contributed by atoms with Crippen LogP contribution in [0.1, 0.15) is 188 Å². The number of aromatic nitrogens is 4. The van der Waals surface area contributed by atoms with Crippen LogP contribution in [-0.2, 0) is 9.47 Å². The maximum atomic E-state index is 12.5. The molecule has 0 spiro atoms. The molecule has 2 fully saturated rings. The number of aromatic carboxylic acids is 4. The minimum absolute atomic E-state index is 0.0980. The lowest BCUT2D eigenvalue weighted by Crippen LogP contribution is -2.28. The molecule has 2 saturated carbocycles. The van der Waals surface area contributed by atoms with Gasteiger partial charge in [0.1, 0.15) is 35.2 Å². The molecule has 2 aliphatic carbocycles. The predicted octanol–water partition coefficient (Wildman–Crippen LogP) is 30.4. The summed E-state index contributed by atoms with van der Waals surface area (Å²) in [6, 6.07) is 74.9.